The van der Waals surface area contributed by atoms with Crippen LogP contribution in [0.4, 0.5) is 4.39 Å². The van der Waals surface area contributed by atoms with Gasteiger partial charge in [0.25, 0.3) is 0 Å². The Labute approximate surface area is 110 Å². The second-order valence-electron chi connectivity index (χ2n) is 5.45. The summed E-state index contributed by atoms with van der Waals surface area (Å²) in [6, 6.07) is 0. The molecule has 0 N–H and O–H groups in total. The van der Waals surface area contributed by atoms with Gasteiger partial charge in [0.2, 0.25) is 0 Å². The van der Waals surface area contributed by atoms with E-state index in [1.807, 2.05) is 0 Å². The second kappa shape index (κ2) is 7.55. The van der Waals surface area contributed by atoms with E-state index in [1.54, 1.807) is 6.20 Å². The molecular formula is C15H26FNO. The molecule has 104 valence electrons. The van der Waals surface area contributed by atoms with Gasteiger partial charge in [-0.1, -0.05) is 59.3 Å². The molecule has 1 heterocycles. The van der Waals surface area contributed by atoms with Crippen LogP contribution in [0, 0.1) is 6.14 Å². The summed E-state index contributed by atoms with van der Waals surface area (Å²) in [4.78, 5) is 3.60. The van der Waals surface area contributed by atoms with Gasteiger partial charge in [0, 0.05) is 5.41 Å². The number of oxazole rings is 1. The topological polar surface area (TPSA) is 26.0 Å². The van der Waals surface area contributed by atoms with E-state index in [9.17, 15) is 4.39 Å². The Balaban J connectivity index is 2.62. The largest absolute Gasteiger partial charge is 0.419 e. The Morgan fingerprint density at radius 2 is 1.78 bits per heavy atom. The highest BCUT2D eigenvalue weighted by Crippen LogP contribution is 2.35. The summed E-state index contributed by atoms with van der Waals surface area (Å²) in [6.45, 7) is 6.56. The Hall–Kier alpha value is -0.860. The fourth-order valence-electron chi connectivity index (χ4n) is 2.41. The minimum atomic E-state index is -0.707. The van der Waals surface area contributed by atoms with Gasteiger partial charge < -0.3 is 4.42 Å². The van der Waals surface area contributed by atoms with Gasteiger partial charge >= 0.3 is 6.14 Å². The first kappa shape index (κ1) is 15.2. The molecule has 0 saturated carbocycles. The standard InChI is InChI=1S/C15H26FNO/c1-4-6-8-9-11-15(3,10-7-5-2)13-12-17-14(16)18-13/h12H,4-11H2,1-3H3. The lowest BCUT2D eigenvalue weighted by Crippen LogP contribution is -2.21. The molecule has 3 heteroatoms. The van der Waals surface area contributed by atoms with Gasteiger partial charge in [-0.2, -0.15) is 4.98 Å². The van der Waals surface area contributed by atoms with Crippen molar-refractivity contribution in [1.82, 2.24) is 4.98 Å². The van der Waals surface area contributed by atoms with Crippen molar-refractivity contribution in [1.29, 1.82) is 0 Å². The molecule has 1 aromatic heterocycles. The number of hydrogen-bond acceptors (Lipinski definition) is 2. The molecule has 0 spiro atoms. The third-order valence-corrected chi connectivity index (χ3v) is 3.74. The normalized spacial score (nSPS) is 14.7. The third kappa shape index (κ3) is 4.43. The lowest BCUT2D eigenvalue weighted by atomic mass is 9.78. The zero-order chi connectivity index (χ0) is 13.4. The molecule has 0 aliphatic heterocycles. The molecule has 1 rings (SSSR count). The molecule has 0 fully saturated rings. The monoisotopic (exact) mass is 255 g/mol. The minimum absolute atomic E-state index is 0.0545. The maximum atomic E-state index is 12.9. The van der Waals surface area contributed by atoms with E-state index in [4.69, 9.17) is 4.42 Å². The van der Waals surface area contributed by atoms with Crippen LogP contribution >= 0.6 is 0 Å². The molecule has 1 unspecified atom stereocenters. The molecule has 2 nitrogen and oxygen atoms in total. The Morgan fingerprint density at radius 3 is 2.33 bits per heavy atom. The lowest BCUT2D eigenvalue weighted by molar-refractivity contribution is 0.249. The van der Waals surface area contributed by atoms with Crippen molar-refractivity contribution in [2.75, 3.05) is 0 Å². The van der Waals surface area contributed by atoms with Gasteiger partial charge in [-0.25, -0.2) is 0 Å². The van der Waals surface area contributed by atoms with Crippen molar-refractivity contribution in [3.8, 4) is 0 Å². The van der Waals surface area contributed by atoms with Gasteiger partial charge in [-0.3, -0.25) is 0 Å². The summed E-state index contributed by atoms with van der Waals surface area (Å²) in [5, 5.41) is 0. The predicted molar refractivity (Wildman–Crippen MR) is 72.1 cm³/mol. The summed E-state index contributed by atoms with van der Waals surface area (Å²) in [6.07, 6.45) is 10.2. The molecule has 0 saturated heterocycles. The number of hydrogen-bond donors (Lipinski definition) is 0. The van der Waals surface area contributed by atoms with E-state index in [0.29, 0.717) is 5.76 Å². The van der Waals surface area contributed by atoms with E-state index in [-0.39, 0.29) is 5.41 Å². The van der Waals surface area contributed by atoms with Crippen LogP contribution in [0.15, 0.2) is 10.6 Å². The number of rotatable bonds is 9. The number of unbranched alkanes of at least 4 members (excludes halogenated alkanes) is 4. The van der Waals surface area contributed by atoms with Crippen LogP contribution in [0.1, 0.15) is 77.9 Å². The molecular weight excluding hydrogens is 229 g/mol. The van der Waals surface area contributed by atoms with Crippen molar-refractivity contribution in [3.63, 3.8) is 0 Å². The first-order valence-electron chi connectivity index (χ1n) is 7.24. The number of nitrogens with zero attached hydrogens (tertiary/aromatic N) is 1. The number of aromatic nitrogens is 1. The predicted octanol–water partition coefficient (Wildman–Crippen LogP) is 5.23. The summed E-state index contributed by atoms with van der Waals surface area (Å²) >= 11 is 0. The third-order valence-electron chi connectivity index (χ3n) is 3.74. The van der Waals surface area contributed by atoms with Crippen molar-refractivity contribution >= 4 is 0 Å². The zero-order valence-corrected chi connectivity index (χ0v) is 12.0. The summed E-state index contributed by atoms with van der Waals surface area (Å²) in [5.41, 5.74) is -0.0545. The van der Waals surface area contributed by atoms with Gasteiger partial charge in [0.05, 0.1) is 6.20 Å². The zero-order valence-electron chi connectivity index (χ0n) is 12.0. The fourth-order valence-corrected chi connectivity index (χ4v) is 2.41. The summed E-state index contributed by atoms with van der Waals surface area (Å²) in [5.74, 6) is 0.713. The Morgan fingerprint density at radius 1 is 1.11 bits per heavy atom. The first-order chi connectivity index (χ1) is 8.62. The fraction of sp³-hybridized carbons (Fsp3) is 0.800. The van der Waals surface area contributed by atoms with E-state index >= 15 is 0 Å². The van der Waals surface area contributed by atoms with Crippen LogP contribution in [0.5, 0.6) is 0 Å². The smallest absolute Gasteiger partial charge is 0.381 e. The van der Waals surface area contributed by atoms with Gasteiger partial charge in [0.1, 0.15) is 5.76 Å². The van der Waals surface area contributed by atoms with Crippen molar-refractivity contribution < 1.29 is 8.81 Å². The molecule has 0 aliphatic carbocycles. The molecule has 0 aromatic carbocycles. The van der Waals surface area contributed by atoms with Crippen molar-refractivity contribution in [2.24, 2.45) is 0 Å². The highest BCUT2D eigenvalue weighted by Gasteiger charge is 2.29. The van der Waals surface area contributed by atoms with Crippen LogP contribution in [0.25, 0.3) is 0 Å². The lowest BCUT2D eigenvalue weighted by Gasteiger charge is -2.27. The average molecular weight is 255 g/mol. The summed E-state index contributed by atoms with van der Waals surface area (Å²) < 4.78 is 18.1. The molecule has 0 radical (unpaired) electrons. The van der Waals surface area contributed by atoms with Crippen LogP contribution in [0.2, 0.25) is 0 Å². The van der Waals surface area contributed by atoms with Crippen LogP contribution < -0.4 is 0 Å². The molecule has 0 bridgehead atoms. The molecule has 18 heavy (non-hydrogen) atoms. The van der Waals surface area contributed by atoms with Crippen LogP contribution in [-0.4, -0.2) is 4.98 Å². The quantitative estimate of drug-likeness (QED) is 0.564. The van der Waals surface area contributed by atoms with Crippen LogP contribution in [0.3, 0.4) is 0 Å². The SMILES string of the molecule is CCCCCCC(C)(CCCC)c1cnc(F)o1. The van der Waals surface area contributed by atoms with Crippen molar-refractivity contribution in [2.45, 2.75) is 77.6 Å². The maximum absolute atomic E-state index is 12.9. The van der Waals surface area contributed by atoms with Crippen molar-refractivity contribution in [3.05, 3.63) is 18.1 Å². The second-order valence-corrected chi connectivity index (χ2v) is 5.45. The Bertz CT molecular complexity index is 337. The molecule has 0 aliphatic rings. The van der Waals surface area contributed by atoms with Gasteiger partial charge in [-0.05, 0) is 12.8 Å². The van der Waals surface area contributed by atoms with E-state index in [1.165, 1.54) is 25.7 Å². The number of halogens is 1. The van der Waals surface area contributed by atoms with Gasteiger partial charge in [-0.15, -0.1) is 4.39 Å². The highest BCUT2D eigenvalue weighted by atomic mass is 19.1. The first-order valence-corrected chi connectivity index (χ1v) is 7.24. The molecule has 1 atom stereocenters. The van der Waals surface area contributed by atoms with E-state index in [0.717, 1.165) is 25.7 Å². The minimum Gasteiger partial charge on any atom is -0.419 e. The molecule has 0 amide bonds. The van der Waals surface area contributed by atoms with E-state index < -0.39 is 6.14 Å². The molecule has 1 aromatic rings. The average Bonchev–Trinajstić information content (AvgIpc) is 2.80. The summed E-state index contributed by atoms with van der Waals surface area (Å²) in [7, 11) is 0. The highest BCUT2D eigenvalue weighted by molar-refractivity contribution is 5.08. The van der Waals surface area contributed by atoms with Crippen LogP contribution in [-0.2, 0) is 5.41 Å². The van der Waals surface area contributed by atoms with E-state index in [2.05, 4.69) is 25.8 Å². The maximum Gasteiger partial charge on any atom is 0.381 e. The Kier molecular flexibility index (Phi) is 6.37. The van der Waals surface area contributed by atoms with Gasteiger partial charge in [0.15, 0.2) is 0 Å².